The van der Waals surface area contributed by atoms with Crippen LogP contribution < -0.4 is 25.0 Å². The lowest BCUT2D eigenvalue weighted by Crippen LogP contribution is -2.64. The molecule has 2 aliphatic heterocycles. The van der Waals surface area contributed by atoms with Crippen LogP contribution in [0.5, 0.6) is 11.5 Å². The van der Waals surface area contributed by atoms with E-state index in [1.54, 1.807) is 53.7 Å². The van der Waals surface area contributed by atoms with Crippen molar-refractivity contribution in [2.75, 3.05) is 30.5 Å². The maximum Gasteiger partial charge on any atom is 0.414 e. The molecule has 0 aliphatic carbocycles. The molecule has 2 heterocycles. The van der Waals surface area contributed by atoms with Gasteiger partial charge in [0.25, 0.3) is 0 Å². The van der Waals surface area contributed by atoms with Gasteiger partial charge in [-0.15, -0.1) is 0 Å². The Bertz CT molecular complexity index is 2340. The van der Waals surface area contributed by atoms with Crippen LogP contribution in [0, 0.1) is 0 Å². The van der Waals surface area contributed by atoms with Crippen LogP contribution in [0.1, 0.15) is 86.3 Å². The molecule has 2 aliphatic rings. The number of alkyl carbamates (subject to hydrolysis) is 1. The number of nitrogens with one attached hydrogen (secondary N) is 2. The minimum atomic E-state index is -1.81. The van der Waals surface area contributed by atoms with Crippen LogP contribution in [0.25, 0.3) is 10.8 Å². The molecule has 0 spiro atoms. The zero-order valence-corrected chi connectivity index (χ0v) is 38.7. The summed E-state index contributed by atoms with van der Waals surface area (Å²) >= 11 is 0. The van der Waals surface area contributed by atoms with E-state index in [0.717, 1.165) is 38.8 Å². The van der Waals surface area contributed by atoms with Gasteiger partial charge in [-0.1, -0.05) is 30.3 Å². The number of benzene rings is 3. The van der Waals surface area contributed by atoms with E-state index >= 15 is 0 Å². The Hall–Kier alpha value is -6.67. The number of aliphatic hydroxyl groups excluding tert-OH is 1. The van der Waals surface area contributed by atoms with Gasteiger partial charge in [0.05, 0.1) is 25.1 Å². The summed E-state index contributed by atoms with van der Waals surface area (Å²) in [4.78, 5) is 91.5. The van der Waals surface area contributed by atoms with Crippen molar-refractivity contribution in [1.82, 2.24) is 5.32 Å². The van der Waals surface area contributed by atoms with Crippen LogP contribution in [0.2, 0.25) is 0 Å². The number of amides is 3. The number of anilines is 2. The molecule has 3 aromatic carbocycles. The van der Waals surface area contributed by atoms with Crippen LogP contribution in [0.4, 0.5) is 21.0 Å². The summed E-state index contributed by atoms with van der Waals surface area (Å²) < 4.78 is 51.1. The average Bonchev–Trinajstić information content (AvgIpc) is 3.59. The first-order chi connectivity index (χ1) is 30.9. The highest BCUT2D eigenvalue weighted by atomic mass is 16.7. The summed E-state index contributed by atoms with van der Waals surface area (Å²) in [6.45, 7) is 14.6. The number of fused-ring (bicyclic) bond motifs is 3. The highest BCUT2D eigenvalue weighted by Crippen LogP contribution is 2.46. The lowest BCUT2D eigenvalue weighted by Gasteiger charge is -2.43. The van der Waals surface area contributed by atoms with Crippen molar-refractivity contribution in [2.24, 2.45) is 0 Å². The molecule has 5 rings (SSSR count). The van der Waals surface area contributed by atoms with Gasteiger partial charge in [-0.2, -0.15) is 0 Å². The number of esters is 4. The van der Waals surface area contributed by atoms with Crippen molar-refractivity contribution in [3.63, 3.8) is 0 Å². The minimum Gasteiger partial charge on any atom is -0.488 e. The van der Waals surface area contributed by atoms with Gasteiger partial charge >= 0.3 is 36.1 Å². The van der Waals surface area contributed by atoms with Crippen molar-refractivity contribution in [3.8, 4) is 11.5 Å². The Balaban J connectivity index is 1.57. The van der Waals surface area contributed by atoms with Crippen LogP contribution >= 0.6 is 0 Å². The minimum absolute atomic E-state index is 0.0152. The molecule has 3 amide bonds. The second-order valence-corrected chi connectivity index (χ2v) is 17.6. The fourth-order valence-electron chi connectivity index (χ4n) is 7.28. The highest BCUT2D eigenvalue weighted by molar-refractivity contribution is 6.02. The van der Waals surface area contributed by atoms with Gasteiger partial charge in [-0.05, 0) is 77.1 Å². The van der Waals surface area contributed by atoms with Gasteiger partial charge in [0, 0.05) is 44.7 Å². The maximum absolute atomic E-state index is 13.6. The third-order valence-corrected chi connectivity index (χ3v) is 9.87. The molecule has 3 N–H and O–H groups in total. The van der Waals surface area contributed by atoms with Gasteiger partial charge in [0.1, 0.15) is 35.3 Å². The average molecular weight is 924 g/mol. The van der Waals surface area contributed by atoms with Crippen molar-refractivity contribution in [2.45, 2.75) is 130 Å². The van der Waals surface area contributed by atoms with E-state index in [2.05, 4.69) is 10.6 Å². The number of ether oxygens (including phenoxy) is 9. The molecule has 0 aromatic heterocycles. The largest absolute Gasteiger partial charge is 0.488 e. The molecular weight excluding hydrogens is 867 g/mol. The van der Waals surface area contributed by atoms with Gasteiger partial charge in [0.2, 0.25) is 18.3 Å². The number of rotatable bonds is 13. The van der Waals surface area contributed by atoms with E-state index in [0.29, 0.717) is 22.4 Å². The Morgan fingerprint density at radius 2 is 1.41 bits per heavy atom. The van der Waals surface area contributed by atoms with Crippen LogP contribution in [-0.4, -0.2) is 115 Å². The van der Waals surface area contributed by atoms with E-state index < -0.39 is 95.8 Å². The van der Waals surface area contributed by atoms with Gasteiger partial charge in [-0.25, -0.2) is 14.4 Å². The molecule has 0 saturated carbocycles. The number of aliphatic hydroxyl groups is 1. The molecular formula is C46H57N3O17. The number of hydrogen-bond donors (Lipinski definition) is 3. The topological polar surface area (TPSA) is 250 Å². The van der Waals surface area contributed by atoms with E-state index in [1.165, 1.54) is 24.0 Å². The number of hydrogen-bond acceptors (Lipinski definition) is 17. The first-order valence-electron chi connectivity index (χ1n) is 21.0. The molecule has 66 heavy (non-hydrogen) atoms. The van der Waals surface area contributed by atoms with Gasteiger partial charge < -0.3 is 58.4 Å². The monoisotopic (exact) mass is 923 g/mol. The maximum atomic E-state index is 13.6. The predicted octanol–water partition coefficient (Wildman–Crippen LogP) is 5.17. The summed E-state index contributed by atoms with van der Waals surface area (Å²) in [6, 6.07) is 12.4. The second kappa shape index (κ2) is 20.7. The van der Waals surface area contributed by atoms with Crippen LogP contribution in [0.15, 0.2) is 48.5 Å². The molecule has 7 atom stereocenters. The number of nitrogens with zero attached hydrogens (tertiary/aromatic N) is 1. The van der Waals surface area contributed by atoms with Crippen molar-refractivity contribution in [3.05, 3.63) is 59.7 Å². The first kappa shape index (κ1) is 50.3. The number of methoxy groups -OCH3 is 1. The smallest absolute Gasteiger partial charge is 0.414 e. The zero-order valence-electron chi connectivity index (χ0n) is 38.7. The van der Waals surface area contributed by atoms with Gasteiger partial charge in [-0.3, -0.25) is 24.1 Å². The van der Waals surface area contributed by atoms with Crippen molar-refractivity contribution >= 4 is 64.1 Å². The van der Waals surface area contributed by atoms with E-state index in [-0.39, 0.29) is 31.2 Å². The molecule has 1 saturated heterocycles. The molecule has 20 heteroatoms. The van der Waals surface area contributed by atoms with Crippen molar-refractivity contribution < 1.29 is 81.3 Å². The standard InChI is InChI=1S/C46H57N3O17/c1-23(47-43(56)65-45(5,6)7)40(54)48-31-17-16-27(18-34(31)63-42-39(62-26(4)53)37(61-25(3)52)36(60-24(2)51)38(64-42)41(55)58-11)22-59-33-19-32-35(30-15-13-12-14-29(30)33)28(21-50)20-49(32)44(57)66-46(8,9)10/h12-19,23,28,36-39,42,50H,20-22H2,1-11H3,(H,47,56)(H,48,54)/t23-,28-,36-,37-,38-,39+,42+/m0/s1. The third kappa shape index (κ3) is 12.6. The fourth-order valence-corrected chi connectivity index (χ4v) is 7.28. The zero-order chi connectivity index (χ0) is 48.8. The predicted molar refractivity (Wildman–Crippen MR) is 234 cm³/mol. The molecule has 0 bridgehead atoms. The van der Waals surface area contributed by atoms with E-state index in [4.69, 9.17) is 42.6 Å². The Morgan fingerprint density at radius 3 is 2.00 bits per heavy atom. The van der Waals surface area contributed by atoms with Crippen LogP contribution in [0.3, 0.4) is 0 Å². The molecule has 3 aromatic rings. The second-order valence-electron chi connectivity index (χ2n) is 17.6. The number of carbonyl (C=O) groups excluding carboxylic acids is 7. The molecule has 358 valence electrons. The Kier molecular flexibility index (Phi) is 15.8. The highest BCUT2D eigenvalue weighted by Gasteiger charge is 2.56. The third-order valence-electron chi connectivity index (χ3n) is 9.87. The van der Waals surface area contributed by atoms with Gasteiger partial charge in [0.15, 0.2) is 18.3 Å². The molecule has 0 radical (unpaired) electrons. The first-order valence-corrected chi connectivity index (χ1v) is 21.0. The quantitative estimate of drug-likeness (QED) is 0.148. The Morgan fingerprint density at radius 1 is 0.803 bits per heavy atom. The lowest BCUT2D eigenvalue weighted by atomic mass is 9.95. The SMILES string of the molecule is COC(=O)[C@H]1O[C@@H](Oc2cc(COc3cc4c(c5ccccc35)[C@H](CO)CN4C(=O)OC(C)(C)C)ccc2NC(=O)[C@H](C)NC(=O)OC(C)(C)C)[C@H](OC(C)=O)[C@@H](OC(C)=O)[C@@H]1OC(C)=O. The normalized spacial score (nSPS) is 20.8. The summed E-state index contributed by atoms with van der Waals surface area (Å²) in [6.07, 6.45) is -10.1. The van der Waals surface area contributed by atoms with Crippen molar-refractivity contribution in [1.29, 1.82) is 0 Å². The summed E-state index contributed by atoms with van der Waals surface area (Å²) in [5, 5.41) is 17.0. The molecule has 1 fully saturated rings. The molecule has 0 unspecified atom stereocenters. The van der Waals surface area contributed by atoms with E-state index in [1.807, 2.05) is 24.3 Å². The summed E-state index contributed by atoms with van der Waals surface area (Å²) in [5.74, 6) is -4.70. The van der Waals surface area contributed by atoms with E-state index in [9.17, 15) is 38.7 Å². The lowest BCUT2D eigenvalue weighted by molar-refractivity contribution is -0.282. The van der Waals surface area contributed by atoms with Crippen LogP contribution in [-0.2, 0) is 63.7 Å². The molecule has 20 nitrogen and oxygen atoms in total. The summed E-state index contributed by atoms with van der Waals surface area (Å²) in [5.41, 5.74) is -0.00462. The Labute approximate surface area is 381 Å². The fraction of sp³-hybridized carbons (Fsp3) is 0.500. The summed E-state index contributed by atoms with van der Waals surface area (Å²) in [7, 11) is 1.04. The number of carbonyl (C=O) groups is 7.